The monoisotopic (exact) mass is 346 g/mol. The summed E-state index contributed by atoms with van der Waals surface area (Å²) in [6.07, 6.45) is 17.9. The van der Waals surface area contributed by atoms with Gasteiger partial charge in [-0.3, -0.25) is 0 Å². The van der Waals surface area contributed by atoms with Crippen molar-refractivity contribution in [1.82, 2.24) is 9.97 Å². The molecule has 0 aliphatic heterocycles. The van der Waals surface area contributed by atoms with Gasteiger partial charge < -0.3 is 15.8 Å². The predicted molar refractivity (Wildman–Crippen MR) is 98.8 cm³/mol. The van der Waals surface area contributed by atoms with Gasteiger partial charge in [-0.25, -0.2) is 14.4 Å². The molecule has 2 atom stereocenters. The third-order valence-corrected chi connectivity index (χ3v) is 4.49. The Morgan fingerprint density at radius 1 is 1.32 bits per heavy atom. The molecular formula is C19H27FN4O. The van der Waals surface area contributed by atoms with Gasteiger partial charge >= 0.3 is 0 Å². The van der Waals surface area contributed by atoms with E-state index in [9.17, 15) is 4.39 Å². The smallest absolute Gasteiger partial charge is 0.138 e. The summed E-state index contributed by atoms with van der Waals surface area (Å²) in [5.41, 5.74) is 0.767. The fourth-order valence-electron chi connectivity index (χ4n) is 3.01. The van der Waals surface area contributed by atoms with E-state index in [4.69, 9.17) is 10.5 Å². The van der Waals surface area contributed by atoms with Gasteiger partial charge in [-0.2, -0.15) is 0 Å². The van der Waals surface area contributed by atoms with Crippen molar-refractivity contribution >= 4 is 12.0 Å². The molecule has 2 aliphatic carbocycles. The van der Waals surface area contributed by atoms with E-state index in [1.807, 2.05) is 18.2 Å². The van der Waals surface area contributed by atoms with Crippen LogP contribution in [0.3, 0.4) is 0 Å². The zero-order valence-corrected chi connectivity index (χ0v) is 14.4. The first-order valence-corrected chi connectivity index (χ1v) is 8.90. The molecule has 0 bridgehead atoms. The number of rotatable bonds is 5. The van der Waals surface area contributed by atoms with E-state index in [2.05, 4.69) is 15.3 Å². The molecule has 1 aromatic rings. The molecule has 3 rings (SSSR count). The highest BCUT2D eigenvalue weighted by Gasteiger charge is 2.16. The molecule has 0 amide bonds. The van der Waals surface area contributed by atoms with Gasteiger partial charge in [0, 0.05) is 24.4 Å². The molecule has 0 saturated heterocycles. The quantitative estimate of drug-likeness (QED) is 0.711. The first-order valence-electron chi connectivity index (χ1n) is 8.90. The average Bonchev–Trinajstić information content (AvgIpc) is 2.70. The molecule has 2 unspecified atom stereocenters. The van der Waals surface area contributed by atoms with Gasteiger partial charge in [0.25, 0.3) is 0 Å². The molecule has 1 saturated carbocycles. The SMILES string of the molecule is N=Cc1cncnc1NC1CCCCC1.OCC(F)C1C=CC=CC1. The van der Waals surface area contributed by atoms with Crippen LogP contribution in [0, 0.1) is 11.3 Å². The van der Waals surface area contributed by atoms with Crippen molar-refractivity contribution < 1.29 is 9.50 Å². The number of allylic oxidation sites excluding steroid dienone is 4. The lowest BCUT2D eigenvalue weighted by Gasteiger charge is -2.23. The number of alkyl halides is 1. The number of nitrogens with zero attached hydrogens (tertiary/aromatic N) is 2. The Morgan fingerprint density at radius 3 is 2.76 bits per heavy atom. The largest absolute Gasteiger partial charge is 0.393 e. The Balaban J connectivity index is 0.000000196. The standard InChI is InChI=1S/C11H16N4.C8H11FO/c12-6-9-7-13-8-14-11(9)15-10-4-2-1-3-5-10;9-8(6-10)7-4-2-1-3-5-7/h6-8,10,12H,1-5H2,(H,13,14,15);1-4,7-8,10H,5-6H2. The molecule has 3 N–H and O–H groups in total. The molecule has 5 nitrogen and oxygen atoms in total. The maximum absolute atomic E-state index is 12.7. The molecule has 1 aromatic heterocycles. The Labute approximate surface area is 148 Å². The van der Waals surface area contributed by atoms with Crippen LogP contribution in [0.4, 0.5) is 10.2 Å². The second-order valence-electron chi connectivity index (χ2n) is 6.36. The van der Waals surface area contributed by atoms with Gasteiger partial charge in [-0.1, -0.05) is 43.6 Å². The number of aliphatic hydroxyl groups is 1. The highest BCUT2D eigenvalue weighted by Crippen LogP contribution is 2.21. The topological polar surface area (TPSA) is 81.9 Å². The number of anilines is 1. The number of hydrogen-bond donors (Lipinski definition) is 3. The molecule has 1 heterocycles. The van der Waals surface area contributed by atoms with Crippen molar-refractivity contribution in [3.05, 3.63) is 42.4 Å². The van der Waals surface area contributed by atoms with Crippen molar-refractivity contribution in [3.8, 4) is 0 Å². The summed E-state index contributed by atoms with van der Waals surface area (Å²) in [6, 6.07) is 0.521. The number of aliphatic hydroxyl groups excluding tert-OH is 1. The minimum absolute atomic E-state index is 0.116. The van der Waals surface area contributed by atoms with Crippen LogP contribution in [0.5, 0.6) is 0 Å². The minimum Gasteiger partial charge on any atom is -0.393 e. The minimum atomic E-state index is -1.10. The van der Waals surface area contributed by atoms with Crippen molar-refractivity contribution in [2.75, 3.05) is 11.9 Å². The normalized spacial score (nSPS) is 21.1. The van der Waals surface area contributed by atoms with Crippen molar-refractivity contribution in [2.45, 2.75) is 50.7 Å². The molecule has 0 spiro atoms. The van der Waals surface area contributed by atoms with Crippen molar-refractivity contribution in [3.63, 3.8) is 0 Å². The molecule has 1 fully saturated rings. The van der Waals surface area contributed by atoms with E-state index in [1.54, 1.807) is 12.3 Å². The fraction of sp³-hybridized carbons (Fsp3) is 0.526. The first-order chi connectivity index (χ1) is 12.2. The first kappa shape index (κ1) is 19.2. The maximum Gasteiger partial charge on any atom is 0.138 e. The number of nitrogens with one attached hydrogen (secondary N) is 2. The van der Waals surface area contributed by atoms with Crippen LogP contribution in [-0.4, -0.2) is 40.1 Å². The summed E-state index contributed by atoms with van der Waals surface area (Å²) < 4.78 is 12.7. The van der Waals surface area contributed by atoms with E-state index in [0.29, 0.717) is 12.5 Å². The maximum atomic E-state index is 12.7. The second-order valence-corrected chi connectivity index (χ2v) is 6.36. The van der Waals surface area contributed by atoms with Crippen LogP contribution in [-0.2, 0) is 0 Å². The van der Waals surface area contributed by atoms with E-state index in [0.717, 1.165) is 11.4 Å². The zero-order valence-electron chi connectivity index (χ0n) is 14.4. The Morgan fingerprint density at radius 2 is 2.12 bits per heavy atom. The van der Waals surface area contributed by atoms with Gasteiger partial charge in [-0.15, -0.1) is 0 Å². The molecule has 0 aromatic carbocycles. The van der Waals surface area contributed by atoms with E-state index < -0.39 is 6.17 Å². The predicted octanol–water partition coefficient (Wildman–Crippen LogP) is 3.67. The summed E-state index contributed by atoms with van der Waals surface area (Å²) >= 11 is 0. The van der Waals surface area contributed by atoms with Crippen LogP contribution in [0.2, 0.25) is 0 Å². The summed E-state index contributed by atoms with van der Waals surface area (Å²) in [5, 5.41) is 19.1. The van der Waals surface area contributed by atoms with Gasteiger partial charge in [0.05, 0.1) is 12.2 Å². The molecular weight excluding hydrogens is 319 g/mol. The zero-order chi connectivity index (χ0) is 17.9. The summed E-state index contributed by atoms with van der Waals surface area (Å²) in [4.78, 5) is 8.08. The van der Waals surface area contributed by atoms with Gasteiger partial charge in [0.1, 0.15) is 18.3 Å². The lowest BCUT2D eigenvalue weighted by atomic mass is 9.95. The third kappa shape index (κ3) is 6.38. The highest BCUT2D eigenvalue weighted by atomic mass is 19.1. The summed E-state index contributed by atoms with van der Waals surface area (Å²) in [7, 11) is 0. The van der Waals surface area contributed by atoms with Crippen LogP contribution in [0.1, 0.15) is 44.1 Å². The number of hydrogen-bond acceptors (Lipinski definition) is 5. The second kappa shape index (κ2) is 10.7. The lowest BCUT2D eigenvalue weighted by Crippen LogP contribution is -2.23. The highest BCUT2D eigenvalue weighted by molar-refractivity contribution is 5.83. The molecule has 6 heteroatoms. The van der Waals surface area contributed by atoms with E-state index in [-0.39, 0.29) is 12.5 Å². The lowest BCUT2D eigenvalue weighted by molar-refractivity contribution is 0.144. The van der Waals surface area contributed by atoms with Crippen LogP contribution in [0.25, 0.3) is 0 Å². The average molecular weight is 346 g/mol. The van der Waals surface area contributed by atoms with Gasteiger partial charge in [0.2, 0.25) is 0 Å². The fourth-order valence-corrected chi connectivity index (χ4v) is 3.01. The van der Waals surface area contributed by atoms with Crippen LogP contribution < -0.4 is 5.32 Å². The molecule has 2 aliphatic rings. The van der Waals surface area contributed by atoms with Crippen molar-refractivity contribution in [1.29, 1.82) is 5.41 Å². The molecule has 136 valence electrons. The Kier molecular flexibility index (Phi) is 8.25. The molecule has 25 heavy (non-hydrogen) atoms. The van der Waals surface area contributed by atoms with Crippen LogP contribution >= 0.6 is 0 Å². The van der Waals surface area contributed by atoms with Crippen molar-refractivity contribution in [2.24, 2.45) is 5.92 Å². The Hall–Kier alpha value is -2.08. The summed E-state index contributed by atoms with van der Waals surface area (Å²) in [5.74, 6) is 0.682. The number of aromatic nitrogens is 2. The Bertz CT molecular complexity index is 585. The van der Waals surface area contributed by atoms with E-state index in [1.165, 1.54) is 44.6 Å². The van der Waals surface area contributed by atoms with Gasteiger partial charge in [-0.05, 0) is 19.3 Å². The third-order valence-electron chi connectivity index (χ3n) is 4.49. The molecule has 0 radical (unpaired) electrons. The van der Waals surface area contributed by atoms with Crippen LogP contribution in [0.15, 0.2) is 36.8 Å². The van der Waals surface area contributed by atoms with Gasteiger partial charge in [0.15, 0.2) is 0 Å². The van der Waals surface area contributed by atoms with E-state index >= 15 is 0 Å². The number of halogens is 1. The summed E-state index contributed by atoms with van der Waals surface area (Å²) in [6.45, 7) is -0.372.